The average Bonchev–Trinajstić information content (AvgIpc) is 1.25. The van der Waals surface area contributed by atoms with Crippen LogP contribution < -0.4 is 0 Å². The molecule has 0 bridgehead atoms. The fraction of sp³-hybridized carbons (Fsp3) is 0.750. The Balaban J connectivity index is 4.01. The lowest BCUT2D eigenvalue weighted by molar-refractivity contribution is -0.870. The summed E-state index contributed by atoms with van der Waals surface area (Å²) < 4.78 is 23.0. The molecule has 0 aromatic carbocycles. The monoisotopic (exact) mass is 1410 g/mol. The lowest BCUT2D eigenvalue weighted by atomic mass is 10.0. The number of carboxylic acids is 1. The maximum Gasteiger partial charge on any atom is 0.361 e. The second-order valence-corrected chi connectivity index (χ2v) is 29.8. The highest BCUT2D eigenvalue weighted by Crippen LogP contribution is 2.19. The van der Waals surface area contributed by atoms with Gasteiger partial charge in [-0.2, -0.15) is 0 Å². The number of nitrogens with zero attached hydrogens (tertiary/aromatic N) is 1. The molecule has 2 atom stereocenters. The van der Waals surface area contributed by atoms with Crippen LogP contribution in [0.3, 0.4) is 0 Å². The van der Waals surface area contributed by atoms with Gasteiger partial charge < -0.3 is 28.5 Å². The maximum atomic E-state index is 13.0. The Morgan fingerprint density at radius 2 is 0.564 bits per heavy atom. The third kappa shape index (κ3) is 82.8. The molecule has 0 heterocycles. The number of likely N-dealkylation sites (N-methyl/N-ethyl adjacent to an activating group) is 1. The standard InChI is InChI=1S/C92H161NO8/c1-6-8-10-12-14-16-18-20-22-24-26-28-30-32-34-36-38-40-42-43-44-45-46-47-49-50-52-54-56-58-60-62-64-66-68-70-72-74-76-78-80-82-89(94)99-86-88(87-100-92(91(96)97)98-85-84-93(3,4)5)101-90(95)83-81-79-77-75-73-71-69-67-65-63-61-59-57-55-53-51-48-41-39-37-35-33-31-29-27-25-23-21-19-17-15-13-11-9-7-2/h9,11,15,17,21,23-24,26-27,29,33,35,39,41,51,53,57,59,63,65,88,92H,6-8,10,12-14,16,18-20,22,25,28,30-32,34,36-38,40,42-50,52,54-56,58,60-62,64,66-87H2,1-5H3/p+1/b11-9-,17-15-,23-21-,26-24-,29-27-,35-33-,41-39-,53-51-,59-57-,65-63-. The van der Waals surface area contributed by atoms with E-state index >= 15 is 0 Å². The number of rotatable bonds is 79. The van der Waals surface area contributed by atoms with Gasteiger partial charge in [0.1, 0.15) is 13.2 Å². The maximum absolute atomic E-state index is 13.0. The minimum absolute atomic E-state index is 0.181. The number of ether oxygens (including phenoxy) is 4. The Kier molecular flexibility index (Phi) is 77.9. The number of allylic oxidation sites excluding steroid dienone is 20. The van der Waals surface area contributed by atoms with E-state index in [4.69, 9.17) is 18.9 Å². The molecular weight excluding hydrogens is 1250 g/mol. The first-order valence-corrected chi connectivity index (χ1v) is 42.7. The zero-order valence-corrected chi connectivity index (χ0v) is 66.8. The number of carbonyl (C=O) groups excluding carboxylic acids is 2. The molecule has 0 aliphatic carbocycles. The van der Waals surface area contributed by atoms with Crippen LogP contribution >= 0.6 is 0 Å². The summed E-state index contributed by atoms with van der Waals surface area (Å²) in [6, 6.07) is 0. The fourth-order valence-electron chi connectivity index (χ4n) is 12.2. The SMILES string of the molecule is CC/C=C\C/C=C\C/C=C\C/C=C\C/C=C\C/C=C\C/C=C\C/C=C\C/C=C\CCCCCCCCCC(=O)OC(COC(=O)CCCCCCCCCCCCCCCCCCCCCCCCCCCCCCC/C=C\CCCCCCCCCC)COC(OCC[N+](C)(C)C)C(=O)O. The summed E-state index contributed by atoms with van der Waals surface area (Å²) in [4.78, 5) is 37.8. The van der Waals surface area contributed by atoms with Crippen LogP contribution in [0.15, 0.2) is 122 Å². The first-order chi connectivity index (χ1) is 49.6. The smallest absolute Gasteiger partial charge is 0.361 e. The van der Waals surface area contributed by atoms with Crippen molar-refractivity contribution in [3.8, 4) is 0 Å². The lowest BCUT2D eigenvalue weighted by Gasteiger charge is -2.25. The molecule has 9 nitrogen and oxygen atoms in total. The first-order valence-electron chi connectivity index (χ1n) is 42.7. The lowest BCUT2D eigenvalue weighted by Crippen LogP contribution is -2.40. The zero-order chi connectivity index (χ0) is 73.2. The summed E-state index contributed by atoms with van der Waals surface area (Å²) in [7, 11) is 5.98. The molecule has 0 aliphatic heterocycles. The van der Waals surface area contributed by atoms with Gasteiger partial charge in [0.25, 0.3) is 6.29 Å². The first kappa shape index (κ1) is 96.7. The number of aliphatic carboxylic acids is 1. The molecule has 1 N–H and O–H groups in total. The van der Waals surface area contributed by atoms with Gasteiger partial charge >= 0.3 is 17.9 Å². The van der Waals surface area contributed by atoms with Gasteiger partial charge in [0, 0.05) is 12.8 Å². The Labute approximate surface area is 625 Å². The van der Waals surface area contributed by atoms with Gasteiger partial charge in [-0.1, -0.05) is 386 Å². The van der Waals surface area contributed by atoms with Crippen molar-refractivity contribution in [1.82, 2.24) is 0 Å². The van der Waals surface area contributed by atoms with Crippen LogP contribution in [0, 0.1) is 0 Å². The fourth-order valence-corrected chi connectivity index (χ4v) is 12.2. The number of quaternary nitrogens is 1. The average molecular weight is 1410 g/mol. The van der Waals surface area contributed by atoms with E-state index in [1.807, 2.05) is 21.1 Å². The number of hydrogen-bond acceptors (Lipinski definition) is 7. The van der Waals surface area contributed by atoms with Crippen molar-refractivity contribution in [2.24, 2.45) is 0 Å². The summed E-state index contributed by atoms with van der Waals surface area (Å²) >= 11 is 0. The molecule has 101 heavy (non-hydrogen) atoms. The van der Waals surface area contributed by atoms with Gasteiger partial charge in [0.05, 0.1) is 34.4 Å². The second-order valence-electron chi connectivity index (χ2n) is 29.8. The summed E-state index contributed by atoms with van der Waals surface area (Å²) in [5.41, 5.74) is 0. The molecule has 582 valence electrons. The molecule has 0 aromatic rings. The normalized spacial score (nSPS) is 13.2. The van der Waals surface area contributed by atoms with Crippen LogP contribution in [0.1, 0.15) is 386 Å². The number of hydrogen-bond donors (Lipinski definition) is 1. The third-order valence-corrected chi connectivity index (χ3v) is 18.7. The minimum atomic E-state index is -1.52. The van der Waals surface area contributed by atoms with E-state index in [0.29, 0.717) is 23.9 Å². The Morgan fingerprint density at radius 1 is 0.307 bits per heavy atom. The van der Waals surface area contributed by atoms with Crippen molar-refractivity contribution < 1.29 is 42.9 Å². The Bertz CT molecular complexity index is 2090. The molecule has 0 spiro atoms. The molecule has 0 fully saturated rings. The van der Waals surface area contributed by atoms with Crippen LogP contribution in [0.5, 0.6) is 0 Å². The molecular formula is C92H162NO8+. The van der Waals surface area contributed by atoms with Gasteiger partial charge in [-0.05, 0) is 109 Å². The van der Waals surface area contributed by atoms with Gasteiger partial charge in [0.2, 0.25) is 0 Å². The molecule has 9 heteroatoms. The summed E-state index contributed by atoms with van der Waals surface area (Å²) in [5, 5.41) is 9.78. The zero-order valence-electron chi connectivity index (χ0n) is 66.8. The van der Waals surface area contributed by atoms with E-state index in [2.05, 4.69) is 135 Å². The number of unbranched alkanes of at least 4 members (excludes halogenated alkanes) is 44. The Hall–Kier alpha value is -4.31. The highest BCUT2D eigenvalue weighted by molar-refractivity contribution is 5.71. The van der Waals surface area contributed by atoms with Crippen molar-refractivity contribution in [3.05, 3.63) is 122 Å². The van der Waals surface area contributed by atoms with Crippen LogP contribution in [-0.2, 0) is 33.3 Å². The van der Waals surface area contributed by atoms with Crippen molar-refractivity contribution in [2.45, 2.75) is 399 Å². The third-order valence-electron chi connectivity index (χ3n) is 18.7. The van der Waals surface area contributed by atoms with Crippen LogP contribution in [0.2, 0.25) is 0 Å². The highest BCUT2D eigenvalue weighted by atomic mass is 16.7. The van der Waals surface area contributed by atoms with E-state index in [1.54, 1.807) is 0 Å². The van der Waals surface area contributed by atoms with Crippen LogP contribution in [0.25, 0.3) is 0 Å². The van der Waals surface area contributed by atoms with Gasteiger partial charge in [-0.3, -0.25) is 9.59 Å². The molecule has 2 unspecified atom stereocenters. The summed E-state index contributed by atoms with van der Waals surface area (Å²) in [6.45, 7) is 4.79. The minimum Gasteiger partial charge on any atom is -0.477 e. The molecule has 0 saturated carbocycles. The van der Waals surface area contributed by atoms with E-state index in [9.17, 15) is 19.5 Å². The molecule has 0 amide bonds. The summed E-state index contributed by atoms with van der Waals surface area (Å²) in [6.07, 6.45) is 114. The molecule has 0 rings (SSSR count). The van der Waals surface area contributed by atoms with E-state index in [1.165, 1.54) is 250 Å². The van der Waals surface area contributed by atoms with Gasteiger partial charge in [-0.25, -0.2) is 4.79 Å². The van der Waals surface area contributed by atoms with Gasteiger partial charge in [0.15, 0.2) is 6.10 Å². The topological polar surface area (TPSA) is 108 Å². The second kappa shape index (κ2) is 81.4. The van der Waals surface area contributed by atoms with Crippen LogP contribution in [-0.4, -0.2) is 87.4 Å². The van der Waals surface area contributed by atoms with Crippen molar-refractivity contribution in [2.75, 3.05) is 47.5 Å². The van der Waals surface area contributed by atoms with E-state index < -0.39 is 24.3 Å². The number of carboxylic acid groups (broad SMARTS) is 1. The number of esters is 2. The Morgan fingerprint density at radius 3 is 0.851 bits per heavy atom. The van der Waals surface area contributed by atoms with Crippen LogP contribution in [0.4, 0.5) is 0 Å². The molecule has 0 radical (unpaired) electrons. The van der Waals surface area contributed by atoms with Crippen molar-refractivity contribution in [3.63, 3.8) is 0 Å². The number of carbonyl (C=O) groups is 3. The summed E-state index contributed by atoms with van der Waals surface area (Å²) in [5.74, 6) is -2.01. The van der Waals surface area contributed by atoms with Crippen molar-refractivity contribution >= 4 is 17.9 Å². The highest BCUT2D eigenvalue weighted by Gasteiger charge is 2.25. The quantitative estimate of drug-likeness (QED) is 0.0211. The van der Waals surface area contributed by atoms with Crippen molar-refractivity contribution in [1.29, 1.82) is 0 Å². The largest absolute Gasteiger partial charge is 0.477 e. The van der Waals surface area contributed by atoms with Gasteiger partial charge in [-0.15, -0.1) is 0 Å². The predicted octanol–water partition coefficient (Wildman–Crippen LogP) is 27.8. The molecule has 0 aliphatic rings. The molecule has 0 saturated heterocycles. The molecule has 0 aromatic heterocycles. The predicted molar refractivity (Wildman–Crippen MR) is 438 cm³/mol. The van der Waals surface area contributed by atoms with E-state index in [-0.39, 0.29) is 32.2 Å². The van der Waals surface area contributed by atoms with E-state index in [0.717, 1.165) is 103 Å².